The van der Waals surface area contributed by atoms with Crippen molar-refractivity contribution in [1.29, 1.82) is 0 Å². The molecule has 0 fully saturated rings. The monoisotopic (exact) mass is 384 g/mol. The molecule has 28 heavy (non-hydrogen) atoms. The number of rotatable bonds is 7. The first-order valence-corrected chi connectivity index (χ1v) is 9.37. The molecule has 0 aliphatic rings. The Balaban J connectivity index is 2.02. The second-order valence-electron chi connectivity index (χ2n) is 8.07. The van der Waals surface area contributed by atoms with Gasteiger partial charge in [0.05, 0.1) is 5.92 Å². The smallest absolute Gasteiger partial charge is 0.308 e. The standard InChI is InChI=1S/C22H28N2O4/c1-14(24-21(28)22(2,3)4)19(25)23-13-17(20(26)27)12-16-10-7-9-15-8-5-6-11-18(15)16/h5-11,14,17H,12-13H2,1-4H3,(H,23,25)(H,24,28)(H,26,27). The van der Waals surface area contributed by atoms with Crippen molar-refractivity contribution in [2.45, 2.75) is 40.2 Å². The van der Waals surface area contributed by atoms with Gasteiger partial charge >= 0.3 is 5.97 Å². The summed E-state index contributed by atoms with van der Waals surface area (Å²) in [7, 11) is 0. The third kappa shape index (κ3) is 5.55. The van der Waals surface area contributed by atoms with E-state index in [9.17, 15) is 19.5 Å². The summed E-state index contributed by atoms with van der Waals surface area (Å²) in [6.07, 6.45) is 0.305. The highest BCUT2D eigenvalue weighted by atomic mass is 16.4. The molecule has 0 aliphatic heterocycles. The summed E-state index contributed by atoms with van der Waals surface area (Å²) >= 11 is 0. The quantitative estimate of drug-likeness (QED) is 0.684. The average molecular weight is 384 g/mol. The van der Waals surface area contributed by atoms with Gasteiger partial charge in [0.15, 0.2) is 0 Å². The normalized spacial score (nSPS) is 13.6. The van der Waals surface area contributed by atoms with Crippen LogP contribution in [0.4, 0.5) is 0 Å². The Hall–Kier alpha value is -2.89. The Kier molecular flexibility index (Phi) is 6.78. The number of carboxylic acids is 1. The fraction of sp³-hybridized carbons (Fsp3) is 0.409. The fourth-order valence-corrected chi connectivity index (χ4v) is 2.84. The minimum absolute atomic E-state index is 0.00683. The summed E-state index contributed by atoms with van der Waals surface area (Å²) in [5.41, 5.74) is 0.320. The third-order valence-corrected chi connectivity index (χ3v) is 4.64. The van der Waals surface area contributed by atoms with Crippen LogP contribution in [0.25, 0.3) is 10.8 Å². The lowest BCUT2D eigenvalue weighted by molar-refractivity contribution is -0.142. The predicted molar refractivity (Wildman–Crippen MR) is 109 cm³/mol. The second kappa shape index (κ2) is 8.87. The molecule has 0 radical (unpaired) electrons. The molecule has 2 atom stereocenters. The van der Waals surface area contributed by atoms with Crippen LogP contribution in [-0.4, -0.2) is 35.5 Å². The molecule has 2 amide bonds. The van der Waals surface area contributed by atoms with Crippen LogP contribution in [0.5, 0.6) is 0 Å². The van der Waals surface area contributed by atoms with E-state index in [1.165, 1.54) is 0 Å². The molecule has 3 N–H and O–H groups in total. The molecule has 0 bridgehead atoms. The average Bonchev–Trinajstić information content (AvgIpc) is 2.63. The Morgan fingerprint density at radius 3 is 2.32 bits per heavy atom. The minimum atomic E-state index is -0.973. The van der Waals surface area contributed by atoms with Crippen molar-refractivity contribution in [3.05, 3.63) is 48.0 Å². The molecule has 0 heterocycles. The predicted octanol–water partition coefficient (Wildman–Crippen LogP) is 2.75. The number of hydrogen-bond acceptors (Lipinski definition) is 3. The molecule has 6 heteroatoms. The molecule has 2 unspecified atom stereocenters. The van der Waals surface area contributed by atoms with E-state index in [0.29, 0.717) is 6.42 Å². The van der Waals surface area contributed by atoms with E-state index < -0.39 is 29.3 Å². The van der Waals surface area contributed by atoms with Crippen molar-refractivity contribution in [1.82, 2.24) is 10.6 Å². The maximum absolute atomic E-state index is 12.3. The van der Waals surface area contributed by atoms with Crippen LogP contribution in [0.1, 0.15) is 33.3 Å². The Morgan fingerprint density at radius 1 is 1.04 bits per heavy atom. The maximum atomic E-state index is 12.3. The van der Waals surface area contributed by atoms with Crippen molar-refractivity contribution in [2.75, 3.05) is 6.54 Å². The molecule has 2 aromatic carbocycles. The van der Waals surface area contributed by atoms with Crippen molar-refractivity contribution in [3.8, 4) is 0 Å². The van der Waals surface area contributed by atoms with Gasteiger partial charge in [-0.15, -0.1) is 0 Å². The first-order valence-electron chi connectivity index (χ1n) is 9.37. The summed E-state index contributed by atoms with van der Waals surface area (Å²) in [6, 6.07) is 12.9. The number of hydrogen-bond donors (Lipinski definition) is 3. The molecule has 2 aromatic rings. The topological polar surface area (TPSA) is 95.5 Å². The summed E-state index contributed by atoms with van der Waals surface area (Å²) in [5, 5.41) is 16.9. The summed E-state index contributed by atoms with van der Waals surface area (Å²) < 4.78 is 0. The Labute approximate surface area is 165 Å². The zero-order valence-electron chi connectivity index (χ0n) is 16.8. The molecule has 6 nitrogen and oxygen atoms in total. The zero-order chi connectivity index (χ0) is 20.9. The first-order chi connectivity index (χ1) is 13.1. The van der Waals surface area contributed by atoms with Gasteiger partial charge in [0.25, 0.3) is 0 Å². The molecule has 0 saturated heterocycles. The molecular weight excluding hydrogens is 356 g/mol. The van der Waals surface area contributed by atoms with Gasteiger partial charge in [0, 0.05) is 12.0 Å². The lowest BCUT2D eigenvalue weighted by Gasteiger charge is -2.22. The number of amides is 2. The van der Waals surface area contributed by atoms with Gasteiger partial charge < -0.3 is 15.7 Å². The zero-order valence-corrected chi connectivity index (χ0v) is 16.8. The van der Waals surface area contributed by atoms with E-state index in [2.05, 4.69) is 10.6 Å². The van der Waals surface area contributed by atoms with Gasteiger partial charge in [-0.05, 0) is 29.7 Å². The lowest BCUT2D eigenvalue weighted by Crippen LogP contribution is -2.49. The van der Waals surface area contributed by atoms with Gasteiger partial charge in [-0.3, -0.25) is 14.4 Å². The third-order valence-electron chi connectivity index (χ3n) is 4.64. The van der Waals surface area contributed by atoms with Crippen molar-refractivity contribution < 1.29 is 19.5 Å². The van der Waals surface area contributed by atoms with E-state index in [1.54, 1.807) is 27.7 Å². The van der Waals surface area contributed by atoms with Gasteiger partial charge in [-0.1, -0.05) is 63.2 Å². The lowest BCUT2D eigenvalue weighted by atomic mass is 9.94. The summed E-state index contributed by atoms with van der Waals surface area (Å²) in [5.74, 6) is -2.37. The SMILES string of the molecule is CC(NC(=O)C(C)(C)C)C(=O)NCC(Cc1cccc2ccccc12)C(=O)O. The van der Waals surface area contributed by atoms with E-state index in [0.717, 1.165) is 16.3 Å². The van der Waals surface area contributed by atoms with Crippen LogP contribution in [0, 0.1) is 11.3 Å². The van der Waals surface area contributed by atoms with E-state index in [4.69, 9.17) is 0 Å². The van der Waals surface area contributed by atoms with E-state index in [1.807, 2.05) is 42.5 Å². The van der Waals surface area contributed by atoms with Crippen LogP contribution < -0.4 is 10.6 Å². The molecule has 0 saturated carbocycles. The summed E-state index contributed by atoms with van der Waals surface area (Å²) in [6.45, 7) is 6.86. The summed E-state index contributed by atoms with van der Waals surface area (Å²) in [4.78, 5) is 36.0. The van der Waals surface area contributed by atoms with E-state index >= 15 is 0 Å². The number of aliphatic carboxylic acids is 1. The van der Waals surface area contributed by atoms with E-state index in [-0.39, 0.29) is 12.5 Å². The van der Waals surface area contributed by atoms with Crippen LogP contribution >= 0.6 is 0 Å². The Bertz CT molecular complexity index is 865. The molecule has 2 rings (SSSR count). The van der Waals surface area contributed by atoms with Crippen molar-refractivity contribution in [3.63, 3.8) is 0 Å². The van der Waals surface area contributed by atoms with Crippen LogP contribution in [0.15, 0.2) is 42.5 Å². The van der Waals surface area contributed by atoms with Crippen LogP contribution in [-0.2, 0) is 20.8 Å². The molecular formula is C22H28N2O4. The van der Waals surface area contributed by atoms with Crippen molar-refractivity contribution >= 4 is 28.6 Å². The van der Waals surface area contributed by atoms with Gasteiger partial charge in [0.1, 0.15) is 6.04 Å². The highest BCUT2D eigenvalue weighted by molar-refractivity contribution is 5.89. The number of benzene rings is 2. The Morgan fingerprint density at radius 2 is 1.68 bits per heavy atom. The van der Waals surface area contributed by atoms with Crippen LogP contribution in [0.2, 0.25) is 0 Å². The maximum Gasteiger partial charge on any atom is 0.308 e. The largest absolute Gasteiger partial charge is 0.481 e. The molecule has 0 aromatic heterocycles. The highest BCUT2D eigenvalue weighted by Crippen LogP contribution is 2.21. The number of carboxylic acid groups (broad SMARTS) is 1. The molecule has 150 valence electrons. The number of fused-ring (bicyclic) bond motifs is 1. The second-order valence-corrected chi connectivity index (χ2v) is 8.07. The number of carbonyl (C=O) groups is 3. The minimum Gasteiger partial charge on any atom is -0.481 e. The van der Waals surface area contributed by atoms with Gasteiger partial charge in [-0.2, -0.15) is 0 Å². The van der Waals surface area contributed by atoms with Crippen molar-refractivity contribution in [2.24, 2.45) is 11.3 Å². The first kappa shape index (κ1) is 21.4. The van der Waals surface area contributed by atoms with Crippen LogP contribution in [0.3, 0.4) is 0 Å². The fourth-order valence-electron chi connectivity index (χ4n) is 2.84. The molecule has 0 aliphatic carbocycles. The highest BCUT2D eigenvalue weighted by Gasteiger charge is 2.26. The number of nitrogens with one attached hydrogen (secondary N) is 2. The van der Waals surface area contributed by atoms with Gasteiger partial charge in [-0.25, -0.2) is 0 Å². The number of carbonyl (C=O) groups excluding carboxylic acids is 2. The molecule has 0 spiro atoms. The van der Waals surface area contributed by atoms with Gasteiger partial charge in [0.2, 0.25) is 11.8 Å².